The number of ether oxygens (including phenoxy) is 1. The third kappa shape index (κ3) is 2.74. The van der Waals surface area contributed by atoms with Crippen molar-refractivity contribution in [3.8, 4) is 10.6 Å². The summed E-state index contributed by atoms with van der Waals surface area (Å²) >= 11 is 1.52. The van der Waals surface area contributed by atoms with Gasteiger partial charge in [-0.05, 0) is 12.1 Å². The topological polar surface area (TPSA) is 59.9 Å². The van der Waals surface area contributed by atoms with E-state index in [4.69, 9.17) is 4.74 Å². The second kappa shape index (κ2) is 5.53. The Bertz CT molecular complexity index is 431. The van der Waals surface area contributed by atoms with Gasteiger partial charge >= 0.3 is 0 Å². The number of methoxy groups -OCH3 is 1. The second-order valence-electron chi connectivity index (χ2n) is 3.07. The fraction of sp³-hybridized carbons (Fsp3) is 0.300. The molecule has 0 bridgehead atoms. The largest absolute Gasteiger partial charge is 0.383 e. The molecule has 2 rings (SSSR count). The zero-order chi connectivity index (χ0) is 11.2. The first kappa shape index (κ1) is 11.0. The van der Waals surface area contributed by atoms with Gasteiger partial charge in [0, 0.05) is 31.6 Å². The maximum Gasteiger partial charge on any atom is 0.206 e. The number of pyridine rings is 1. The van der Waals surface area contributed by atoms with Crippen molar-refractivity contribution in [2.75, 3.05) is 25.6 Å². The molecule has 1 N–H and O–H groups in total. The molecule has 0 saturated carbocycles. The van der Waals surface area contributed by atoms with Crippen molar-refractivity contribution in [2.24, 2.45) is 0 Å². The Morgan fingerprint density at radius 2 is 2.12 bits per heavy atom. The lowest BCUT2D eigenvalue weighted by atomic mass is 10.3. The summed E-state index contributed by atoms with van der Waals surface area (Å²) in [6, 6.07) is 3.83. The zero-order valence-corrected chi connectivity index (χ0v) is 9.70. The third-order valence-electron chi connectivity index (χ3n) is 1.93. The highest BCUT2D eigenvalue weighted by atomic mass is 32.1. The van der Waals surface area contributed by atoms with Crippen molar-refractivity contribution in [1.29, 1.82) is 0 Å². The van der Waals surface area contributed by atoms with E-state index in [0.717, 1.165) is 22.2 Å². The molecule has 0 unspecified atom stereocenters. The number of nitrogens with zero attached hydrogens (tertiary/aromatic N) is 3. The van der Waals surface area contributed by atoms with E-state index in [1.807, 2.05) is 12.1 Å². The molecular formula is C10H12N4OS. The van der Waals surface area contributed by atoms with Crippen LogP contribution in [0, 0.1) is 0 Å². The molecule has 84 valence electrons. The van der Waals surface area contributed by atoms with E-state index in [1.54, 1.807) is 19.5 Å². The average molecular weight is 236 g/mol. The van der Waals surface area contributed by atoms with Gasteiger partial charge in [0.05, 0.1) is 6.61 Å². The zero-order valence-electron chi connectivity index (χ0n) is 8.88. The van der Waals surface area contributed by atoms with Crippen LogP contribution >= 0.6 is 11.3 Å². The average Bonchev–Trinajstić information content (AvgIpc) is 2.79. The molecule has 2 aromatic rings. The first-order valence-corrected chi connectivity index (χ1v) is 5.68. The summed E-state index contributed by atoms with van der Waals surface area (Å²) < 4.78 is 4.94. The van der Waals surface area contributed by atoms with Crippen LogP contribution in [-0.2, 0) is 4.74 Å². The number of rotatable bonds is 5. The van der Waals surface area contributed by atoms with Gasteiger partial charge in [0.2, 0.25) is 5.13 Å². The SMILES string of the molecule is COCCNc1nnc(-c2ccncc2)s1. The molecule has 0 aliphatic rings. The van der Waals surface area contributed by atoms with Gasteiger partial charge < -0.3 is 10.1 Å². The molecule has 0 aromatic carbocycles. The van der Waals surface area contributed by atoms with Crippen molar-refractivity contribution < 1.29 is 4.74 Å². The standard InChI is InChI=1S/C10H12N4OS/c1-15-7-6-12-10-14-13-9(16-10)8-2-4-11-5-3-8/h2-5H,6-7H2,1H3,(H,12,14). The van der Waals surface area contributed by atoms with Crippen LogP contribution in [0.3, 0.4) is 0 Å². The number of hydrogen-bond donors (Lipinski definition) is 1. The summed E-state index contributed by atoms with van der Waals surface area (Å²) in [5.41, 5.74) is 1.03. The van der Waals surface area contributed by atoms with E-state index in [2.05, 4.69) is 20.5 Å². The summed E-state index contributed by atoms with van der Waals surface area (Å²) in [6.45, 7) is 1.39. The van der Waals surface area contributed by atoms with Crippen molar-refractivity contribution >= 4 is 16.5 Å². The molecule has 16 heavy (non-hydrogen) atoms. The molecule has 0 aliphatic carbocycles. The van der Waals surface area contributed by atoms with Crippen LogP contribution in [0.1, 0.15) is 0 Å². The van der Waals surface area contributed by atoms with Crippen molar-refractivity contribution in [3.63, 3.8) is 0 Å². The number of aromatic nitrogens is 3. The summed E-state index contributed by atoms with van der Waals surface area (Å²) in [5, 5.41) is 13.0. The van der Waals surface area contributed by atoms with E-state index in [1.165, 1.54) is 11.3 Å². The van der Waals surface area contributed by atoms with E-state index < -0.39 is 0 Å². The third-order valence-corrected chi connectivity index (χ3v) is 2.86. The highest BCUT2D eigenvalue weighted by molar-refractivity contribution is 7.18. The Kier molecular flexibility index (Phi) is 3.79. The summed E-state index contributed by atoms with van der Waals surface area (Å²) in [6.07, 6.45) is 3.49. The first-order chi connectivity index (χ1) is 7.90. The van der Waals surface area contributed by atoms with Gasteiger partial charge in [0.25, 0.3) is 0 Å². The Balaban J connectivity index is 2.02. The predicted octanol–water partition coefficient (Wildman–Crippen LogP) is 1.66. The summed E-state index contributed by atoms with van der Waals surface area (Å²) in [5.74, 6) is 0. The van der Waals surface area contributed by atoms with E-state index in [9.17, 15) is 0 Å². The lowest BCUT2D eigenvalue weighted by Gasteiger charge is -1.98. The van der Waals surface area contributed by atoms with Gasteiger partial charge in [-0.15, -0.1) is 10.2 Å². The fourth-order valence-electron chi connectivity index (χ4n) is 1.17. The highest BCUT2D eigenvalue weighted by Crippen LogP contribution is 2.25. The van der Waals surface area contributed by atoms with Crippen LogP contribution in [0.5, 0.6) is 0 Å². The van der Waals surface area contributed by atoms with Crippen LogP contribution in [0.25, 0.3) is 10.6 Å². The monoisotopic (exact) mass is 236 g/mol. The van der Waals surface area contributed by atoms with Crippen LogP contribution in [0.4, 0.5) is 5.13 Å². The van der Waals surface area contributed by atoms with Crippen molar-refractivity contribution in [2.45, 2.75) is 0 Å². The fourth-order valence-corrected chi connectivity index (χ4v) is 1.94. The van der Waals surface area contributed by atoms with Gasteiger partial charge in [-0.1, -0.05) is 11.3 Å². The number of anilines is 1. The van der Waals surface area contributed by atoms with Crippen molar-refractivity contribution in [3.05, 3.63) is 24.5 Å². The van der Waals surface area contributed by atoms with Gasteiger partial charge in [-0.3, -0.25) is 4.98 Å². The van der Waals surface area contributed by atoms with Crippen molar-refractivity contribution in [1.82, 2.24) is 15.2 Å². The minimum Gasteiger partial charge on any atom is -0.383 e. The molecule has 0 atom stereocenters. The molecule has 0 saturated heterocycles. The minimum atomic E-state index is 0.657. The maximum absolute atomic E-state index is 4.94. The Morgan fingerprint density at radius 1 is 1.31 bits per heavy atom. The summed E-state index contributed by atoms with van der Waals surface area (Å²) in [4.78, 5) is 3.96. The van der Waals surface area contributed by atoms with E-state index in [0.29, 0.717) is 6.61 Å². The van der Waals surface area contributed by atoms with Gasteiger partial charge in [-0.25, -0.2) is 0 Å². The van der Waals surface area contributed by atoms with Crippen LogP contribution in [0.15, 0.2) is 24.5 Å². The van der Waals surface area contributed by atoms with Crippen LogP contribution in [0.2, 0.25) is 0 Å². The second-order valence-corrected chi connectivity index (χ2v) is 4.05. The highest BCUT2D eigenvalue weighted by Gasteiger charge is 2.05. The molecule has 0 aliphatic heterocycles. The molecule has 0 fully saturated rings. The normalized spacial score (nSPS) is 10.3. The molecule has 6 heteroatoms. The minimum absolute atomic E-state index is 0.657. The predicted molar refractivity (Wildman–Crippen MR) is 63.5 cm³/mol. The van der Waals surface area contributed by atoms with E-state index >= 15 is 0 Å². The maximum atomic E-state index is 4.94. The molecule has 0 radical (unpaired) electrons. The van der Waals surface area contributed by atoms with Gasteiger partial charge in [0.1, 0.15) is 5.01 Å². The Morgan fingerprint density at radius 3 is 2.88 bits per heavy atom. The Hall–Kier alpha value is -1.53. The first-order valence-electron chi connectivity index (χ1n) is 4.87. The van der Waals surface area contributed by atoms with Crippen LogP contribution < -0.4 is 5.32 Å². The number of nitrogens with one attached hydrogen (secondary N) is 1. The molecule has 5 nitrogen and oxygen atoms in total. The molecule has 0 spiro atoms. The van der Waals surface area contributed by atoms with Gasteiger partial charge in [0.15, 0.2) is 0 Å². The molecular weight excluding hydrogens is 224 g/mol. The summed E-state index contributed by atoms with van der Waals surface area (Å²) in [7, 11) is 1.67. The lowest BCUT2D eigenvalue weighted by molar-refractivity contribution is 0.211. The van der Waals surface area contributed by atoms with Crippen LogP contribution in [-0.4, -0.2) is 35.4 Å². The quantitative estimate of drug-likeness (QED) is 0.800. The number of hydrogen-bond acceptors (Lipinski definition) is 6. The Labute approximate surface area is 97.5 Å². The molecule has 0 amide bonds. The smallest absolute Gasteiger partial charge is 0.206 e. The van der Waals surface area contributed by atoms with E-state index in [-0.39, 0.29) is 0 Å². The lowest BCUT2D eigenvalue weighted by Crippen LogP contribution is -2.06. The molecule has 2 aromatic heterocycles. The molecule has 2 heterocycles. The van der Waals surface area contributed by atoms with Gasteiger partial charge in [-0.2, -0.15) is 0 Å².